The molecule has 0 fully saturated rings. The first-order chi connectivity index (χ1) is 11.8. The van der Waals surface area contributed by atoms with Gasteiger partial charge in [-0.25, -0.2) is 13.6 Å². The number of hydrogen-bond acceptors (Lipinski definition) is 3. The molecule has 0 saturated heterocycles. The Morgan fingerprint density at radius 2 is 1.84 bits per heavy atom. The van der Waals surface area contributed by atoms with Gasteiger partial charge in [-0.2, -0.15) is 4.68 Å². The second-order valence-electron chi connectivity index (χ2n) is 5.79. The van der Waals surface area contributed by atoms with Gasteiger partial charge in [0, 0.05) is 25.6 Å². The molecule has 0 radical (unpaired) electrons. The van der Waals surface area contributed by atoms with Crippen LogP contribution < -0.4 is 11.0 Å². The molecular formula is C17H22F2N4O2. The summed E-state index contributed by atoms with van der Waals surface area (Å²) < 4.78 is 30.9. The lowest BCUT2D eigenvalue weighted by Gasteiger charge is -2.15. The lowest BCUT2D eigenvalue weighted by atomic mass is 10.1. The van der Waals surface area contributed by atoms with Gasteiger partial charge in [-0.15, -0.1) is 5.10 Å². The number of aryl methyl sites for hydroxylation is 1. The van der Waals surface area contributed by atoms with E-state index in [1.807, 2.05) is 13.8 Å². The minimum absolute atomic E-state index is 0.111. The predicted molar refractivity (Wildman–Crippen MR) is 89.9 cm³/mol. The lowest BCUT2D eigenvalue weighted by molar-refractivity contribution is 0.0930. The first kappa shape index (κ1) is 18.8. The molecule has 0 atom stereocenters. The molecule has 0 unspecified atom stereocenters. The largest absolute Gasteiger partial charge is 0.350 e. The molecule has 8 heteroatoms. The van der Waals surface area contributed by atoms with Crippen molar-refractivity contribution in [2.24, 2.45) is 7.05 Å². The van der Waals surface area contributed by atoms with Gasteiger partial charge in [0.2, 0.25) is 0 Å². The predicted octanol–water partition coefficient (Wildman–Crippen LogP) is 2.33. The van der Waals surface area contributed by atoms with Crippen molar-refractivity contribution < 1.29 is 13.6 Å². The van der Waals surface area contributed by atoms with Gasteiger partial charge in [-0.3, -0.25) is 9.36 Å². The number of halogens is 2. The van der Waals surface area contributed by atoms with Crippen molar-refractivity contribution in [2.45, 2.75) is 46.1 Å². The zero-order valence-electron chi connectivity index (χ0n) is 14.8. The molecule has 0 aliphatic rings. The number of carbonyl (C=O) groups excluding carboxylic acids is 1. The van der Waals surface area contributed by atoms with Crippen LogP contribution in [-0.2, 0) is 13.5 Å². The minimum Gasteiger partial charge on any atom is -0.349 e. The molecule has 0 saturated carbocycles. The molecule has 6 nitrogen and oxygen atoms in total. The molecule has 2 rings (SSSR count). The summed E-state index contributed by atoms with van der Waals surface area (Å²) in [5.41, 5.74) is -1.30. The Hall–Kier alpha value is -2.51. The van der Waals surface area contributed by atoms with Crippen LogP contribution in [0.4, 0.5) is 8.78 Å². The van der Waals surface area contributed by atoms with E-state index in [0.29, 0.717) is 25.1 Å². The number of nitrogens with zero attached hydrogens (tertiary/aromatic N) is 3. The molecule has 0 aliphatic carbocycles. The van der Waals surface area contributed by atoms with Crippen LogP contribution >= 0.6 is 0 Å². The zero-order chi connectivity index (χ0) is 18.7. The fourth-order valence-electron chi connectivity index (χ4n) is 2.57. The first-order valence-electron chi connectivity index (χ1n) is 8.29. The van der Waals surface area contributed by atoms with Crippen LogP contribution in [-0.4, -0.2) is 26.3 Å². The van der Waals surface area contributed by atoms with Gasteiger partial charge in [0.25, 0.3) is 5.91 Å². The second-order valence-corrected chi connectivity index (χ2v) is 5.79. The molecule has 2 aromatic rings. The average Bonchev–Trinajstić information content (AvgIpc) is 2.89. The maximum absolute atomic E-state index is 14.4. The van der Waals surface area contributed by atoms with Gasteiger partial charge in [-0.1, -0.05) is 20.8 Å². The number of hydrogen-bond donors (Lipinski definition) is 1. The van der Waals surface area contributed by atoms with Crippen molar-refractivity contribution in [3.8, 4) is 5.69 Å². The molecule has 25 heavy (non-hydrogen) atoms. The summed E-state index contributed by atoms with van der Waals surface area (Å²) in [6.45, 7) is 5.59. The Bertz CT molecular complexity index is 838. The summed E-state index contributed by atoms with van der Waals surface area (Å²) in [4.78, 5) is 24.3. The zero-order valence-corrected chi connectivity index (χ0v) is 14.8. The van der Waals surface area contributed by atoms with Crippen molar-refractivity contribution in [1.82, 2.24) is 19.7 Å². The van der Waals surface area contributed by atoms with Crippen LogP contribution in [0.25, 0.3) is 5.69 Å². The van der Waals surface area contributed by atoms with E-state index in [2.05, 4.69) is 10.4 Å². The number of amides is 1. The van der Waals surface area contributed by atoms with Crippen LogP contribution in [0.5, 0.6) is 0 Å². The average molecular weight is 352 g/mol. The Balaban J connectivity index is 2.44. The standard InChI is InChI=1S/C17H22F2N4O2/c1-5-10(6-2)20-16(24)11-8-13(19)14(9-12(11)18)23-17(25)22(4)15(7-3)21-23/h8-10H,5-7H2,1-4H3,(H,20,24). The molecule has 1 N–H and O–H groups in total. The van der Waals surface area contributed by atoms with Gasteiger partial charge in [0.1, 0.15) is 23.1 Å². The third kappa shape index (κ3) is 3.62. The highest BCUT2D eigenvalue weighted by Crippen LogP contribution is 2.18. The number of rotatable bonds is 6. The summed E-state index contributed by atoms with van der Waals surface area (Å²) >= 11 is 0. The molecule has 0 aliphatic heterocycles. The van der Waals surface area contributed by atoms with Crippen LogP contribution in [0.2, 0.25) is 0 Å². The Morgan fingerprint density at radius 3 is 2.36 bits per heavy atom. The number of aromatic nitrogens is 3. The molecule has 1 aromatic carbocycles. The SMILES string of the molecule is CCc1nn(-c2cc(F)c(C(=O)NC(CC)CC)cc2F)c(=O)n1C. The monoisotopic (exact) mass is 352 g/mol. The van der Waals surface area contributed by atoms with E-state index in [1.165, 1.54) is 11.6 Å². The third-order valence-corrected chi connectivity index (χ3v) is 4.22. The van der Waals surface area contributed by atoms with Crippen molar-refractivity contribution in [1.29, 1.82) is 0 Å². The van der Waals surface area contributed by atoms with E-state index in [-0.39, 0.29) is 11.7 Å². The van der Waals surface area contributed by atoms with E-state index in [9.17, 15) is 18.4 Å². The van der Waals surface area contributed by atoms with Crippen molar-refractivity contribution in [3.05, 3.63) is 45.6 Å². The first-order valence-corrected chi connectivity index (χ1v) is 8.29. The highest BCUT2D eigenvalue weighted by atomic mass is 19.1. The highest BCUT2D eigenvalue weighted by molar-refractivity contribution is 5.94. The summed E-state index contributed by atoms with van der Waals surface area (Å²) in [5, 5.41) is 6.67. The van der Waals surface area contributed by atoms with Crippen LogP contribution in [0.15, 0.2) is 16.9 Å². The van der Waals surface area contributed by atoms with Gasteiger partial charge in [-0.05, 0) is 18.9 Å². The molecule has 1 aromatic heterocycles. The third-order valence-electron chi connectivity index (χ3n) is 4.22. The normalized spacial score (nSPS) is 11.2. The summed E-state index contributed by atoms with van der Waals surface area (Å²) in [6, 6.07) is 1.51. The van der Waals surface area contributed by atoms with Crippen molar-refractivity contribution in [2.75, 3.05) is 0 Å². The maximum atomic E-state index is 14.4. The maximum Gasteiger partial charge on any atom is 0.350 e. The molecule has 0 spiro atoms. The number of carbonyl (C=O) groups is 1. The molecule has 1 heterocycles. The quantitative estimate of drug-likeness (QED) is 0.868. The molecular weight excluding hydrogens is 330 g/mol. The van der Waals surface area contributed by atoms with Crippen LogP contribution in [0.3, 0.4) is 0 Å². The van der Waals surface area contributed by atoms with Gasteiger partial charge in [0.15, 0.2) is 0 Å². The minimum atomic E-state index is -0.907. The summed E-state index contributed by atoms with van der Waals surface area (Å²) in [7, 11) is 1.51. The van der Waals surface area contributed by atoms with E-state index < -0.39 is 28.8 Å². The fourth-order valence-corrected chi connectivity index (χ4v) is 2.57. The lowest BCUT2D eigenvalue weighted by Crippen LogP contribution is -2.34. The molecule has 136 valence electrons. The van der Waals surface area contributed by atoms with Crippen LogP contribution in [0.1, 0.15) is 49.8 Å². The Morgan fingerprint density at radius 1 is 1.20 bits per heavy atom. The Kier molecular flexibility index (Phi) is 5.71. The van der Waals surface area contributed by atoms with Gasteiger partial charge < -0.3 is 5.32 Å². The summed E-state index contributed by atoms with van der Waals surface area (Å²) in [6.07, 6.45) is 1.85. The van der Waals surface area contributed by atoms with E-state index in [0.717, 1.165) is 16.8 Å². The van der Waals surface area contributed by atoms with Crippen LogP contribution in [0, 0.1) is 11.6 Å². The van der Waals surface area contributed by atoms with E-state index >= 15 is 0 Å². The number of nitrogens with one attached hydrogen (secondary N) is 1. The fraction of sp³-hybridized carbons (Fsp3) is 0.471. The molecule has 0 bridgehead atoms. The highest BCUT2D eigenvalue weighted by Gasteiger charge is 2.21. The van der Waals surface area contributed by atoms with Crippen molar-refractivity contribution in [3.63, 3.8) is 0 Å². The van der Waals surface area contributed by atoms with Gasteiger partial charge >= 0.3 is 5.69 Å². The number of benzene rings is 1. The van der Waals surface area contributed by atoms with Gasteiger partial charge in [0.05, 0.1) is 5.56 Å². The topological polar surface area (TPSA) is 68.9 Å². The smallest absolute Gasteiger partial charge is 0.349 e. The molecule has 1 amide bonds. The summed E-state index contributed by atoms with van der Waals surface area (Å²) in [5.74, 6) is -2.03. The Labute approximate surface area is 144 Å². The van der Waals surface area contributed by atoms with E-state index in [1.54, 1.807) is 6.92 Å². The van der Waals surface area contributed by atoms with Crippen molar-refractivity contribution >= 4 is 5.91 Å². The van der Waals surface area contributed by atoms with E-state index in [4.69, 9.17) is 0 Å². The second kappa shape index (κ2) is 7.58.